The van der Waals surface area contributed by atoms with Gasteiger partial charge < -0.3 is 0 Å². The zero-order valence-corrected chi connectivity index (χ0v) is 10.2. The maximum absolute atomic E-state index is 4.37. The average molecular weight is 214 g/mol. The van der Waals surface area contributed by atoms with E-state index in [1.165, 1.54) is 10.8 Å². The van der Waals surface area contributed by atoms with Gasteiger partial charge in [0.05, 0.1) is 11.9 Å². The van der Waals surface area contributed by atoms with Crippen molar-refractivity contribution in [1.29, 1.82) is 0 Å². The van der Waals surface area contributed by atoms with Crippen molar-refractivity contribution in [3.63, 3.8) is 0 Å². The monoisotopic (exact) mass is 214 g/mol. The molecule has 0 spiro atoms. The van der Waals surface area contributed by atoms with Crippen molar-refractivity contribution >= 4 is 10.8 Å². The van der Waals surface area contributed by atoms with Gasteiger partial charge in [-0.25, -0.2) is 0 Å². The molecule has 0 atom stereocenters. The summed E-state index contributed by atoms with van der Waals surface area (Å²) < 4.78 is 0. The van der Waals surface area contributed by atoms with Crippen molar-refractivity contribution in [3.05, 3.63) is 36.2 Å². The maximum atomic E-state index is 4.37. The molecule has 0 fully saturated rings. The van der Waals surface area contributed by atoms with Crippen LogP contribution in [-0.4, -0.2) is 10.2 Å². The van der Waals surface area contributed by atoms with Gasteiger partial charge in [-0.15, -0.1) is 0 Å². The van der Waals surface area contributed by atoms with Gasteiger partial charge in [0.15, 0.2) is 0 Å². The quantitative estimate of drug-likeness (QED) is 0.778. The van der Waals surface area contributed by atoms with Crippen LogP contribution in [0.15, 0.2) is 30.5 Å². The summed E-state index contributed by atoms with van der Waals surface area (Å²) in [5.41, 5.74) is 1.27. The van der Waals surface area contributed by atoms with E-state index in [2.05, 4.69) is 49.2 Å². The predicted molar refractivity (Wildman–Crippen MR) is 67.5 cm³/mol. The van der Waals surface area contributed by atoms with Gasteiger partial charge in [0.2, 0.25) is 0 Å². The van der Waals surface area contributed by atoms with E-state index in [9.17, 15) is 0 Å². The second-order valence-corrected chi connectivity index (χ2v) is 4.55. The van der Waals surface area contributed by atoms with E-state index in [0.29, 0.717) is 0 Å². The summed E-state index contributed by atoms with van der Waals surface area (Å²) in [6.45, 7) is 6.70. The van der Waals surface area contributed by atoms with Gasteiger partial charge in [0, 0.05) is 16.2 Å². The molecule has 0 saturated heterocycles. The summed E-state index contributed by atoms with van der Waals surface area (Å²) in [7, 11) is 0. The van der Waals surface area contributed by atoms with Crippen molar-refractivity contribution in [1.82, 2.24) is 10.2 Å². The van der Waals surface area contributed by atoms with Crippen LogP contribution in [0.4, 0.5) is 0 Å². The van der Waals surface area contributed by atoms with E-state index in [0.717, 1.165) is 18.5 Å². The lowest BCUT2D eigenvalue weighted by Crippen LogP contribution is -2.22. The summed E-state index contributed by atoms with van der Waals surface area (Å²) >= 11 is 0. The Hall–Kier alpha value is -1.44. The third kappa shape index (κ3) is 1.69. The highest BCUT2D eigenvalue weighted by Crippen LogP contribution is 2.33. The fourth-order valence-corrected chi connectivity index (χ4v) is 2.06. The average Bonchev–Trinajstić information content (AvgIpc) is 2.37. The summed E-state index contributed by atoms with van der Waals surface area (Å²) in [4.78, 5) is 0. The molecule has 0 aliphatic carbocycles. The van der Waals surface area contributed by atoms with Crippen LogP contribution in [0.5, 0.6) is 0 Å². The summed E-state index contributed by atoms with van der Waals surface area (Å²) in [5, 5.41) is 10.9. The first-order valence-corrected chi connectivity index (χ1v) is 5.92. The van der Waals surface area contributed by atoms with Gasteiger partial charge >= 0.3 is 0 Å². The third-order valence-corrected chi connectivity index (χ3v) is 3.70. The molecular weight excluding hydrogens is 196 g/mol. The molecule has 0 amide bonds. The molecule has 2 aromatic rings. The molecule has 0 bridgehead atoms. The number of nitrogens with zero attached hydrogens (tertiary/aromatic N) is 2. The smallest absolute Gasteiger partial charge is 0.0767 e. The Bertz CT molecular complexity index is 482. The zero-order chi connectivity index (χ0) is 11.6. The predicted octanol–water partition coefficient (Wildman–Crippen LogP) is 3.71. The van der Waals surface area contributed by atoms with Gasteiger partial charge in [-0.2, -0.15) is 10.2 Å². The molecule has 0 unspecified atom stereocenters. The van der Waals surface area contributed by atoms with Crippen LogP contribution in [0, 0.1) is 0 Å². The van der Waals surface area contributed by atoms with Crippen molar-refractivity contribution in [2.24, 2.45) is 0 Å². The lowest BCUT2D eigenvalue weighted by molar-refractivity contribution is 0.426. The Morgan fingerprint density at radius 1 is 1.12 bits per heavy atom. The van der Waals surface area contributed by atoms with Crippen LogP contribution >= 0.6 is 0 Å². The topological polar surface area (TPSA) is 25.8 Å². The second kappa shape index (κ2) is 4.20. The van der Waals surface area contributed by atoms with Crippen LogP contribution in [0.25, 0.3) is 10.8 Å². The zero-order valence-electron chi connectivity index (χ0n) is 10.2. The first kappa shape index (κ1) is 11.1. The molecule has 2 rings (SSSR count). The van der Waals surface area contributed by atoms with Gasteiger partial charge in [-0.05, 0) is 12.8 Å². The van der Waals surface area contributed by atoms with Crippen molar-refractivity contribution in [3.8, 4) is 0 Å². The number of benzene rings is 1. The standard InChI is InChI=1S/C14H18N2/c1-4-14(3,5-2)13-12-9-7-6-8-11(12)10-15-16-13/h6-10H,4-5H2,1-3H3. The van der Waals surface area contributed by atoms with Gasteiger partial charge in [-0.1, -0.05) is 45.0 Å². The molecule has 1 aromatic heterocycles. The molecule has 1 heterocycles. The minimum absolute atomic E-state index is 0.133. The molecule has 84 valence electrons. The Kier molecular flexibility index (Phi) is 2.90. The van der Waals surface area contributed by atoms with Crippen LogP contribution in [0.3, 0.4) is 0 Å². The normalized spacial score (nSPS) is 11.9. The molecule has 2 heteroatoms. The number of rotatable bonds is 3. The molecule has 0 N–H and O–H groups in total. The molecule has 0 saturated carbocycles. The molecule has 16 heavy (non-hydrogen) atoms. The lowest BCUT2D eigenvalue weighted by atomic mass is 9.79. The van der Waals surface area contributed by atoms with E-state index >= 15 is 0 Å². The molecular formula is C14H18N2. The minimum Gasteiger partial charge on any atom is -0.158 e. The highest BCUT2D eigenvalue weighted by molar-refractivity contribution is 5.84. The number of fused-ring (bicyclic) bond motifs is 1. The minimum atomic E-state index is 0.133. The van der Waals surface area contributed by atoms with Crippen LogP contribution < -0.4 is 0 Å². The van der Waals surface area contributed by atoms with E-state index in [4.69, 9.17) is 0 Å². The Balaban J connectivity index is 2.69. The highest BCUT2D eigenvalue weighted by Gasteiger charge is 2.26. The van der Waals surface area contributed by atoms with Crippen molar-refractivity contribution in [2.75, 3.05) is 0 Å². The Morgan fingerprint density at radius 3 is 2.50 bits per heavy atom. The summed E-state index contributed by atoms with van der Waals surface area (Å²) in [5.74, 6) is 0. The van der Waals surface area contributed by atoms with Crippen molar-refractivity contribution < 1.29 is 0 Å². The molecule has 2 nitrogen and oxygen atoms in total. The summed E-state index contributed by atoms with van der Waals surface area (Å²) in [6.07, 6.45) is 4.02. The van der Waals surface area contributed by atoms with Crippen LogP contribution in [0.2, 0.25) is 0 Å². The Labute approximate surface area is 96.7 Å². The first-order valence-electron chi connectivity index (χ1n) is 5.92. The molecule has 0 aliphatic heterocycles. The van der Waals surface area contributed by atoms with Crippen LogP contribution in [0.1, 0.15) is 39.3 Å². The third-order valence-electron chi connectivity index (χ3n) is 3.70. The van der Waals surface area contributed by atoms with Gasteiger partial charge in [0.25, 0.3) is 0 Å². The SMILES string of the molecule is CCC(C)(CC)c1nncc2ccccc12. The first-order chi connectivity index (χ1) is 7.71. The molecule has 0 aliphatic rings. The Morgan fingerprint density at radius 2 is 1.81 bits per heavy atom. The van der Waals surface area contributed by atoms with Gasteiger partial charge in [0.1, 0.15) is 0 Å². The number of hydrogen-bond donors (Lipinski definition) is 0. The van der Waals surface area contributed by atoms with E-state index in [-0.39, 0.29) is 5.41 Å². The molecule has 1 aromatic carbocycles. The lowest BCUT2D eigenvalue weighted by Gasteiger charge is -2.26. The van der Waals surface area contributed by atoms with Crippen molar-refractivity contribution in [2.45, 2.75) is 39.0 Å². The summed E-state index contributed by atoms with van der Waals surface area (Å²) in [6, 6.07) is 8.35. The van der Waals surface area contributed by atoms with E-state index < -0.39 is 0 Å². The highest BCUT2D eigenvalue weighted by atomic mass is 15.1. The second-order valence-electron chi connectivity index (χ2n) is 4.55. The van der Waals surface area contributed by atoms with E-state index in [1.54, 1.807) is 0 Å². The van der Waals surface area contributed by atoms with E-state index in [1.807, 2.05) is 12.3 Å². The fourth-order valence-electron chi connectivity index (χ4n) is 2.06. The maximum Gasteiger partial charge on any atom is 0.0767 e. The van der Waals surface area contributed by atoms with Gasteiger partial charge in [-0.3, -0.25) is 0 Å². The largest absolute Gasteiger partial charge is 0.158 e. The fraction of sp³-hybridized carbons (Fsp3) is 0.429. The number of hydrogen-bond acceptors (Lipinski definition) is 2. The van der Waals surface area contributed by atoms with Crippen LogP contribution in [-0.2, 0) is 5.41 Å². The molecule has 0 radical (unpaired) electrons. The number of aromatic nitrogens is 2.